The molecule has 2 amide bonds. The summed E-state index contributed by atoms with van der Waals surface area (Å²) in [7, 11) is 0. The Labute approximate surface area is 152 Å². The van der Waals surface area contributed by atoms with Crippen LogP contribution in [0.25, 0.3) is 0 Å². The summed E-state index contributed by atoms with van der Waals surface area (Å²) < 4.78 is 13.4. The van der Waals surface area contributed by atoms with Crippen LogP contribution in [-0.4, -0.2) is 34.2 Å². The summed E-state index contributed by atoms with van der Waals surface area (Å²) in [6, 6.07) is 13.9. The molecule has 4 rings (SSSR count). The molecular formula is C21H21FN2O2. The molecule has 0 aliphatic carbocycles. The van der Waals surface area contributed by atoms with E-state index in [9.17, 15) is 14.0 Å². The third-order valence-corrected chi connectivity index (χ3v) is 5.30. The molecule has 4 nitrogen and oxygen atoms in total. The Kier molecular flexibility index (Phi) is 4.45. The number of fused-ring (bicyclic) bond motifs is 1. The number of halogens is 1. The van der Waals surface area contributed by atoms with Gasteiger partial charge >= 0.3 is 0 Å². The van der Waals surface area contributed by atoms with Crippen molar-refractivity contribution in [2.75, 3.05) is 6.54 Å². The summed E-state index contributed by atoms with van der Waals surface area (Å²) >= 11 is 0. The van der Waals surface area contributed by atoms with Crippen LogP contribution < -0.4 is 0 Å². The van der Waals surface area contributed by atoms with E-state index in [-0.39, 0.29) is 24.2 Å². The number of hydrogen-bond donors (Lipinski definition) is 0. The highest BCUT2D eigenvalue weighted by Crippen LogP contribution is 2.26. The van der Waals surface area contributed by atoms with Crippen molar-refractivity contribution in [2.45, 2.75) is 38.4 Å². The molecule has 2 aliphatic heterocycles. The first-order chi connectivity index (χ1) is 12.6. The monoisotopic (exact) mass is 352 g/mol. The first kappa shape index (κ1) is 16.8. The average molecular weight is 352 g/mol. The van der Waals surface area contributed by atoms with Crippen LogP contribution in [0.15, 0.2) is 48.5 Å². The minimum atomic E-state index is -0.448. The molecule has 0 spiro atoms. The zero-order chi connectivity index (χ0) is 18.1. The van der Waals surface area contributed by atoms with Gasteiger partial charge in [0.15, 0.2) is 0 Å². The van der Waals surface area contributed by atoms with E-state index < -0.39 is 6.04 Å². The number of hydrogen-bond acceptors (Lipinski definition) is 2. The lowest BCUT2D eigenvalue weighted by Crippen LogP contribution is -2.48. The second kappa shape index (κ2) is 6.90. The second-order valence-electron chi connectivity index (χ2n) is 6.98. The van der Waals surface area contributed by atoms with E-state index in [1.165, 1.54) is 23.3 Å². The van der Waals surface area contributed by atoms with Gasteiger partial charge in [0.1, 0.15) is 11.9 Å². The smallest absolute Gasteiger partial charge is 0.245 e. The van der Waals surface area contributed by atoms with Crippen molar-refractivity contribution in [1.29, 1.82) is 0 Å². The molecule has 1 saturated heterocycles. The Balaban J connectivity index is 1.50. The zero-order valence-corrected chi connectivity index (χ0v) is 14.5. The highest BCUT2D eigenvalue weighted by atomic mass is 19.1. The maximum absolute atomic E-state index is 13.4. The highest BCUT2D eigenvalue weighted by Gasteiger charge is 2.38. The quantitative estimate of drug-likeness (QED) is 0.852. The fraction of sp³-hybridized carbons (Fsp3) is 0.333. The summed E-state index contributed by atoms with van der Waals surface area (Å²) in [5.41, 5.74) is 3.17. The van der Waals surface area contributed by atoms with Crippen LogP contribution in [0.4, 0.5) is 4.39 Å². The molecular weight excluding hydrogens is 331 g/mol. The van der Waals surface area contributed by atoms with E-state index in [0.29, 0.717) is 31.5 Å². The predicted molar refractivity (Wildman–Crippen MR) is 95.5 cm³/mol. The lowest BCUT2D eigenvalue weighted by atomic mass is 9.99. The number of carbonyl (C=O) groups is 2. The maximum Gasteiger partial charge on any atom is 0.245 e. The molecule has 1 fully saturated rings. The summed E-state index contributed by atoms with van der Waals surface area (Å²) in [4.78, 5) is 28.9. The molecule has 26 heavy (non-hydrogen) atoms. The summed E-state index contributed by atoms with van der Waals surface area (Å²) in [5.74, 6) is -0.364. The number of likely N-dealkylation sites (tertiary alicyclic amines) is 1. The van der Waals surface area contributed by atoms with Crippen LogP contribution >= 0.6 is 0 Å². The third-order valence-electron chi connectivity index (χ3n) is 5.30. The Morgan fingerprint density at radius 1 is 1.08 bits per heavy atom. The van der Waals surface area contributed by atoms with E-state index in [4.69, 9.17) is 0 Å². The standard InChI is InChI=1S/C21H21FN2O2/c22-18-7-3-4-15(12-18)13-24-19(8-9-20(24)25)21(26)23-11-10-16-5-1-2-6-17(16)14-23/h1-7,12,19H,8-11,13-14H2. The third kappa shape index (κ3) is 3.21. The van der Waals surface area contributed by atoms with Gasteiger partial charge in [0.25, 0.3) is 0 Å². The van der Waals surface area contributed by atoms with Crippen LogP contribution in [0, 0.1) is 5.82 Å². The van der Waals surface area contributed by atoms with Crippen LogP contribution in [0.1, 0.15) is 29.5 Å². The highest BCUT2D eigenvalue weighted by molar-refractivity contribution is 5.91. The molecule has 0 saturated carbocycles. The SMILES string of the molecule is O=C(C1CCC(=O)N1Cc1cccc(F)c1)N1CCc2ccccc2C1. The first-order valence-electron chi connectivity index (χ1n) is 9.01. The van der Waals surface area contributed by atoms with Crippen molar-refractivity contribution in [3.05, 3.63) is 71.0 Å². The van der Waals surface area contributed by atoms with E-state index >= 15 is 0 Å². The molecule has 0 aromatic heterocycles. The van der Waals surface area contributed by atoms with Gasteiger partial charge in [-0.05, 0) is 41.7 Å². The maximum atomic E-state index is 13.4. The number of rotatable bonds is 3. The number of carbonyl (C=O) groups excluding carboxylic acids is 2. The fourth-order valence-electron chi connectivity index (χ4n) is 3.92. The van der Waals surface area contributed by atoms with Crippen LogP contribution in [-0.2, 0) is 29.1 Å². The summed E-state index contributed by atoms with van der Waals surface area (Å²) in [5, 5.41) is 0. The Morgan fingerprint density at radius 2 is 1.88 bits per heavy atom. The minimum absolute atomic E-state index is 0.00163. The second-order valence-corrected chi connectivity index (χ2v) is 6.98. The lowest BCUT2D eigenvalue weighted by molar-refractivity contribution is -0.142. The van der Waals surface area contributed by atoms with Gasteiger partial charge < -0.3 is 9.80 Å². The lowest BCUT2D eigenvalue weighted by Gasteiger charge is -2.33. The molecule has 5 heteroatoms. The first-order valence-corrected chi connectivity index (χ1v) is 9.01. The molecule has 2 heterocycles. The van der Waals surface area contributed by atoms with E-state index in [1.807, 2.05) is 17.0 Å². The largest absolute Gasteiger partial charge is 0.336 e. The van der Waals surface area contributed by atoms with Crippen LogP contribution in [0.2, 0.25) is 0 Å². The van der Waals surface area contributed by atoms with Crippen molar-refractivity contribution in [1.82, 2.24) is 9.80 Å². The molecule has 2 aromatic rings. The van der Waals surface area contributed by atoms with Gasteiger partial charge in [-0.15, -0.1) is 0 Å². The van der Waals surface area contributed by atoms with Crippen LogP contribution in [0.3, 0.4) is 0 Å². The number of nitrogens with zero attached hydrogens (tertiary/aromatic N) is 2. The van der Waals surface area contributed by atoms with Gasteiger partial charge in [-0.25, -0.2) is 4.39 Å². The average Bonchev–Trinajstić information content (AvgIpc) is 3.01. The van der Waals surface area contributed by atoms with Gasteiger partial charge in [-0.3, -0.25) is 9.59 Å². The normalized spacial score (nSPS) is 19.6. The Bertz CT molecular complexity index is 851. The van der Waals surface area contributed by atoms with Crippen LogP contribution in [0.5, 0.6) is 0 Å². The number of benzene rings is 2. The van der Waals surface area contributed by atoms with Gasteiger partial charge in [-0.2, -0.15) is 0 Å². The van der Waals surface area contributed by atoms with Gasteiger partial charge in [0, 0.05) is 26.1 Å². The molecule has 1 atom stereocenters. The van der Waals surface area contributed by atoms with Crippen molar-refractivity contribution < 1.29 is 14.0 Å². The molecule has 134 valence electrons. The predicted octanol–water partition coefficient (Wildman–Crippen LogP) is 2.90. The van der Waals surface area contributed by atoms with Gasteiger partial charge in [0.2, 0.25) is 11.8 Å². The summed E-state index contributed by atoms with van der Waals surface area (Å²) in [6.45, 7) is 1.54. The topological polar surface area (TPSA) is 40.6 Å². The molecule has 2 aromatic carbocycles. The van der Waals surface area contributed by atoms with Crippen molar-refractivity contribution >= 4 is 11.8 Å². The van der Waals surface area contributed by atoms with Gasteiger partial charge in [0.05, 0.1) is 0 Å². The number of amides is 2. The molecule has 2 aliphatic rings. The van der Waals surface area contributed by atoms with E-state index in [1.54, 1.807) is 17.0 Å². The Hall–Kier alpha value is -2.69. The Morgan fingerprint density at radius 3 is 2.69 bits per heavy atom. The fourth-order valence-corrected chi connectivity index (χ4v) is 3.92. The van der Waals surface area contributed by atoms with Crippen molar-refractivity contribution in [2.24, 2.45) is 0 Å². The van der Waals surface area contributed by atoms with Crippen molar-refractivity contribution in [3.63, 3.8) is 0 Å². The molecule has 0 radical (unpaired) electrons. The minimum Gasteiger partial charge on any atom is -0.336 e. The van der Waals surface area contributed by atoms with Gasteiger partial charge in [-0.1, -0.05) is 36.4 Å². The molecule has 0 N–H and O–H groups in total. The van der Waals surface area contributed by atoms with E-state index in [0.717, 1.165) is 6.42 Å². The summed E-state index contributed by atoms with van der Waals surface area (Å²) in [6.07, 6.45) is 1.74. The van der Waals surface area contributed by atoms with Crippen molar-refractivity contribution in [3.8, 4) is 0 Å². The zero-order valence-electron chi connectivity index (χ0n) is 14.5. The molecule has 0 bridgehead atoms. The van der Waals surface area contributed by atoms with E-state index in [2.05, 4.69) is 12.1 Å². The molecule has 1 unspecified atom stereocenters.